The maximum absolute atomic E-state index is 14.4. The van der Waals surface area contributed by atoms with E-state index in [-0.39, 0.29) is 88.2 Å². The second kappa shape index (κ2) is 32.0. The number of aliphatic carboxylic acids is 3. The Kier molecular flexibility index (Phi) is 28.7. The third kappa shape index (κ3) is 27.1. The van der Waals surface area contributed by atoms with Gasteiger partial charge in [-0.1, -0.05) is 53.7 Å². The minimum Gasteiger partial charge on any atom is -0.508 e. The zero-order valence-electron chi connectivity index (χ0n) is 42.7. The van der Waals surface area contributed by atoms with Crippen LogP contribution in [0.2, 0.25) is 0 Å². The molecule has 6 atom stereocenters. The molecule has 0 saturated carbocycles. The van der Waals surface area contributed by atoms with E-state index in [2.05, 4.69) is 36.6 Å². The molecule has 0 unspecified atom stereocenters. The van der Waals surface area contributed by atoms with Gasteiger partial charge in [0.25, 0.3) is 0 Å². The largest absolute Gasteiger partial charge is 0.508 e. The summed E-state index contributed by atoms with van der Waals surface area (Å²) in [6, 6.07) is -1.05. The average Bonchev–Trinajstić information content (AvgIpc) is 3.79. The number of phenols is 1. The molecule has 0 radical (unpaired) electrons. The molecule has 0 spiro atoms. The van der Waals surface area contributed by atoms with E-state index in [1.54, 1.807) is 39.8 Å². The topological polar surface area (TPSA) is 427 Å². The fraction of sp³-hybridized carbons (Fsp3) is 0.622. The second-order valence-electron chi connectivity index (χ2n) is 18.5. The Morgan fingerprint density at radius 3 is 1.57 bits per heavy atom. The number of nitrogens with zero attached hydrogens (tertiary/aromatic N) is 3. The predicted octanol–water partition coefficient (Wildman–Crippen LogP) is 0.310. The Bertz CT molecular complexity index is 2160. The lowest BCUT2D eigenvalue weighted by atomic mass is 9.85. The fourth-order valence-electron chi connectivity index (χ4n) is 6.82. The Morgan fingerprint density at radius 1 is 0.684 bits per heavy atom. The van der Waals surface area contributed by atoms with Crippen LogP contribution in [-0.2, 0) is 49.6 Å². The van der Waals surface area contributed by atoms with Gasteiger partial charge in [-0.2, -0.15) is 26.3 Å². The van der Waals surface area contributed by atoms with Crippen molar-refractivity contribution in [2.75, 3.05) is 19.6 Å². The molecule has 0 bridgehead atoms. The third-order valence-electron chi connectivity index (χ3n) is 10.5. The molecule has 1 aromatic carbocycles. The number of likely N-dealkylation sites (tertiary alicyclic amines) is 1. The smallest absolute Gasteiger partial charge is 0.490 e. The molecule has 430 valence electrons. The van der Waals surface area contributed by atoms with Gasteiger partial charge in [-0.15, -0.1) is 0 Å². The number of nitrogens with two attached hydrogens (primary N) is 4. The summed E-state index contributed by atoms with van der Waals surface area (Å²) in [5.41, 5.74) is 21.5. The Labute approximate surface area is 433 Å². The lowest BCUT2D eigenvalue weighted by Gasteiger charge is -2.33. The summed E-state index contributed by atoms with van der Waals surface area (Å²) in [5, 5.41) is 47.4. The van der Waals surface area contributed by atoms with Crippen molar-refractivity contribution in [2.24, 2.45) is 44.3 Å². The Balaban J connectivity index is 0.00000351. The first-order valence-corrected chi connectivity index (χ1v) is 23.5. The van der Waals surface area contributed by atoms with Crippen LogP contribution in [0.15, 0.2) is 34.3 Å². The lowest BCUT2D eigenvalue weighted by Crippen LogP contribution is -2.61. The first kappa shape index (κ1) is 68.4. The summed E-state index contributed by atoms with van der Waals surface area (Å²) in [7, 11) is 0. The van der Waals surface area contributed by atoms with E-state index >= 15 is 0 Å². The van der Waals surface area contributed by atoms with Crippen molar-refractivity contribution in [3.63, 3.8) is 0 Å². The predicted molar refractivity (Wildman–Crippen MR) is 260 cm³/mol. The van der Waals surface area contributed by atoms with Crippen LogP contribution in [0.3, 0.4) is 0 Å². The molecule has 6 amide bonds. The highest BCUT2D eigenvalue weighted by molar-refractivity contribution is 5.97. The average molecular weight is 1100 g/mol. The molecule has 0 aliphatic carbocycles. The number of alkyl halides is 6. The normalized spacial score (nSPS) is 15.2. The number of nitrogens with one attached hydrogen (secondary N) is 5. The molecular formula is C45H70F6N12O13. The van der Waals surface area contributed by atoms with Gasteiger partial charge in [0.1, 0.15) is 42.0 Å². The van der Waals surface area contributed by atoms with Gasteiger partial charge in [-0.05, 0) is 74.0 Å². The van der Waals surface area contributed by atoms with Crippen molar-refractivity contribution < 1.29 is 89.9 Å². The lowest BCUT2D eigenvalue weighted by molar-refractivity contribution is -0.193. The van der Waals surface area contributed by atoms with Crippen LogP contribution in [0.1, 0.15) is 98.5 Å². The van der Waals surface area contributed by atoms with Gasteiger partial charge >= 0.3 is 30.3 Å². The molecule has 1 heterocycles. The maximum Gasteiger partial charge on any atom is 0.490 e. The molecule has 1 aliphatic heterocycles. The maximum atomic E-state index is 14.4. The number of guanidine groups is 2. The van der Waals surface area contributed by atoms with Crippen LogP contribution in [0, 0.1) is 11.3 Å². The van der Waals surface area contributed by atoms with E-state index in [1.165, 1.54) is 17.0 Å². The van der Waals surface area contributed by atoms with Crippen molar-refractivity contribution in [3.8, 4) is 5.75 Å². The van der Waals surface area contributed by atoms with Crippen molar-refractivity contribution >= 4 is 65.3 Å². The molecule has 1 aromatic rings. The molecule has 0 aromatic heterocycles. The number of carboxylic acid groups (broad SMARTS) is 3. The van der Waals surface area contributed by atoms with E-state index in [9.17, 15) is 70.1 Å². The van der Waals surface area contributed by atoms with E-state index < -0.39 is 107 Å². The van der Waals surface area contributed by atoms with Crippen LogP contribution in [-0.4, -0.2) is 159 Å². The van der Waals surface area contributed by atoms with Crippen LogP contribution >= 0.6 is 0 Å². The summed E-state index contributed by atoms with van der Waals surface area (Å²) >= 11 is 0. The van der Waals surface area contributed by atoms with E-state index in [1.807, 2.05) is 13.8 Å². The highest BCUT2D eigenvalue weighted by Crippen LogP contribution is 2.23. The van der Waals surface area contributed by atoms with Crippen molar-refractivity contribution in [3.05, 3.63) is 29.8 Å². The molecule has 31 heteroatoms. The van der Waals surface area contributed by atoms with Crippen LogP contribution in [0.4, 0.5) is 26.3 Å². The molecule has 17 N–H and O–H groups in total. The number of halogens is 6. The number of amides is 6. The SMILES string of the molecule is CCC(=O)N[C@@H](CCCN=C(N)N)C(=O)N[C@@H](CCCN=C(N)N)C(=O)N1CCC[C@H]1C(=O)N[C@@H](Cc1ccc(O)cc1)C(=O)N[C@H](C(=O)N[C@@H](CC(C)C)C(=O)O)C(C)(C)C.O=C(O)C(F)(F)F.O=C(O)C(F)(F)F. The molecule has 1 fully saturated rings. The summed E-state index contributed by atoms with van der Waals surface area (Å²) in [6.45, 7) is 10.8. The Hall–Kier alpha value is -7.63. The number of aliphatic imine (C=N–C) groups is 2. The van der Waals surface area contributed by atoms with Gasteiger partial charge in [0.15, 0.2) is 11.9 Å². The Morgan fingerprint density at radius 2 is 1.14 bits per heavy atom. The van der Waals surface area contributed by atoms with Gasteiger partial charge in [-0.3, -0.25) is 38.8 Å². The fourth-order valence-corrected chi connectivity index (χ4v) is 6.82. The van der Waals surface area contributed by atoms with Crippen LogP contribution in [0.5, 0.6) is 5.75 Å². The highest BCUT2D eigenvalue weighted by atomic mass is 19.4. The number of carbonyl (C=O) groups excluding carboxylic acids is 6. The third-order valence-corrected chi connectivity index (χ3v) is 10.5. The van der Waals surface area contributed by atoms with Gasteiger partial charge < -0.3 is 74.8 Å². The first-order chi connectivity index (χ1) is 34.9. The second-order valence-corrected chi connectivity index (χ2v) is 18.5. The van der Waals surface area contributed by atoms with Crippen LogP contribution < -0.4 is 49.5 Å². The zero-order chi connectivity index (χ0) is 58.9. The number of benzene rings is 1. The van der Waals surface area contributed by atoms with Gasteiger partial charge in [0.05, 0.1) is 0 Å². The summed E-state index contributed by atoms with van der Waals surface area (Å²) in [5.74, 6) is -10.9. The highest BCUT2D eigenvalue weighted by Gasteiger charge is 2.42. The van der Waals surface area contributed by atoms with Gasteiger partial charge in [0.2, 0.25) is 35.4 Å². The number of carboxylic acids is 3. The van der Waals surface area contributed by atoms with E-state index in [4.69, 9.17) is 42.7 Å². The number of phenolic OH excluding ortho intramolecular Hbond substituents is 1. The molecular weight excluding hydrogens is 1030 g/mol. The quantitative estimate of drug-likeness (QED) is 0.0287. The molecule has 76 heavy (non-hydrogen) atoms. The van der Waals surface area contributed by atoms with Crippen molar-refractivity contribution in [2.45, 2.75) is 148 Å². The summed E-state index contributed by atoms with van der Waals surface area (Å²) in [4.78, 5) is 122. The minimum atomic E-state index is -5.08. The number of aromatic hydroxyl groups is 1. The first-order valence-electron chi connectivity index (χ1n) is 23.5. The molecule has 2 rings (SSSR count). The zero-order valence-corrected chi connectivity index (χ0v) is 42.7. The number of hydrogen-bond donors (Lipinski definition) is 13. The van der Waals surface area contributed by atoms with Crippen LogP contribution in [0.25, 0.3) is 0 Å². The number of rotatable bonds is 24. The number of carbonyl (C=O) groups is 9. The van der Waals surface area contributed by atoms with Crippen molar-refractivity contribution in [1.29, 1.82) is 0 Å². The van der Waals surface area contributed by atoms with Gasteiger partial charge in [-0.25, -0.2) is 14.4 Å². The summed E-state index contributed by atoms with van der Waals surface area (Å²) in [6.07, 6.45) is -8.55. The summed E-state index contributed by atoms with van der Waals surface area (Å²) < 4.78 is 63.5. The standard InChI is InChI=1S/C41H68N12O9.2C2HF3O2/c1-7-31(55)48-26(11-8-18-46-39(42)43)33(56)49-27(12-9-19-47-40(44)45)37(60)53-20-10-13-30(53)35(58)50-28(22-24-14-16-25(54)17-15-24)34(57)52-32(41(4,5)6)36(59)51-29(38(61)62)21-23(2)3;2*3-2(4,5)1(6)7/h14-17,23,26-30,32,54H,7-13,18-22H2,1-6H3,(H,48,55)(H,49,56)(H,50,58)(H,51,59)(H,52,57)(H,61,62)(H4,42,43,46)(H4,44,45,47);2*(H,6,7)/t26-,27-,28-,29-,30-,32+;;/m0../s1. The van der Waals surface area contributed by atoms with E-state index in [0.717, 1.165) is 0 Å². The molecule has 1 aliphatic rings. The van der Waals surface area contributed by atoms with E-state index in [0.29, 0.717) is 18.4 Å². The minimum absolute atomic E-state index is 0.0253. The van der Waals surface area contributed by atoms with Gasteiger partial charge in [0, 0.05) is 32.5 Å². The molecule has 25 nitrogen and oxygen atoms in total. The molecule has 1 saturated heterocycles. The number of hydrogen-bond acceptors (Lipinski definition) is 12. The van der Waals surface area contributed by atoms with Crippen molar-refractivity contribution in [1.82, 2.24) is 31.5 Å². The monoisotopic (exact) mass is 1100 g/mol.